The molecule has 0 spiro atoms. The summed E-state index contributed by atoms with van der Waals surface area (Å²) in [6, 6.07) is -0.202. The second-order valence-electron chi connectivity index (χ2n) is 4.06. The van der Waals surface area contributed by atoms with E-state index in [0.717, 1.165) is 25.1 Å². The lowest BCUT2D eigenvalue weighted by molar-refractivity contribution is -0.141. The lowest BCUT2D eigenvalue weighted by Gasteiger charge is -2.14. The van der Waals surface area contributed by atoms with Crippen molar-refractivity contribution in [2.75, 3.05) is 5.32 Å². The summed E-state index contributed by atoms with van der Waals surface area (Å²) in [6.45, 7) is 0. The zero-order valence-corrected chi connectivity index (χ0v) is 9.11. The Morgan fingerprint density at radius 3 is 2.67 bits per heavy atom. The zero-order chi connectivity index (χ0) is 13.3. The molecule has 0 aromatic carbocycles. The highest BCUT2D eigenvalue weighted by atomic mass is 19.4. The molecule has 0 radical (unpaired) electrons. The maximum Gasteiger partial charge on any atom is 0.433 e. The molecule has 1 aromatic heterocycles. The fraction of sp³-hybridized carbons (Fsp3) is 0.500. The fourth-order valence-electron chi connectivity index (χ4n) is 1.54. The van der Waals surface area contributed by atoms with Gasteiger partial charge in [-0.2, -0.15) is 13.2 Å². The monoisotopic (exact) mass is 261 g/mol. The highest BCUT2D eigenvalue weighted by molar-refractivity contribution is 5.77. The number of carbonyl (C=O) groups is 1. The Morgan fingerprint density at radius 2 is 2.17 bits per heavy atom. The van der Waals surface area contributed by atoms with Crippen molar-refractivity contribution < 1.29 is 23.1 Å². The van der Waals surface area contributed by atoms with E-state index < -0.39 is 23.9 Å². The van der Waals surface area contributed by atoms with E-state index in [9.17, 15) is 18.0 Å². The molecule has 0 amide bonds. The molecule has 1 heterocycles. The first-order valence-electron chi connectivity index (χ1n) is 5.27. The van der Waals surface area contributed by atoms with E-state index in [1.165, 1.54) is 0 Å². The molecule has 1 saturated carbocycles. The lowest BCUT2D eigenvalue weighted by Crippen LogP contribution is -2.32. The van der Waals surface area contributed by atoms with Gasteiger partial charge < -0.3 is 10.4 Å². The van der Waals surface area contributed by atoms with Gasteiger partial charge >= 0.3 is 12.1 Å². The van der Waals surface area contributed by atoms with Gasteiger partial charge in [-0.05, 0) is 24.8 Å². The van der Waals surface area contributed by atoms with Gasteiger partial charge in [0.25, 0.3) is 0 Å². The van der Waals surface area contributed by atoms with Crippen molar-refractivity contribution in [2.24, 2.45) is 5.92 Å². The van der Waals surface area contributed by atoms with Crippen molar-refractivity contribution in [1.29, 1.82) is 0 Å². The predicted octanol–water partition coefficient (Wildman–Crippen LogP) is 1.77. The number of halogens is 3. The van der Waals surface area contributed by atoms with Gasteiger partial charge in [0.15, 0.2) is 0 Å². The van der Waals surface area contributed by atoms with Crippen molar-refractivity contribution in [3.05, 3.63) is 18.0 Å². The van der Waals surface area contributed by atoms with Crippen LogP contribution >= 0.6 is 0 Å². The number of alkyl halides is 3. The van der Waals surface area contributed by atoms with E-state index in [-0.39, 0.29) is 11.9 Å². The molecule has 0 bridgehead atoms. The number of hydrogen-bond donors (Lipinski definition) is 2. The molecule has 8 heteroatoms. The summed E-state index contributed by atoms with van der Waals surface area (Å²) in [5.74, 6) is -1.50. The summed E-state index contributed by atoms with van der Waals surface area (Å²) in [5.41, 5.74) is -1.10. The van der Waals surface area contributed by atoms with Crippen LogP contribution in [0.15, 0.2) is 12.3 Å². The molecule has 1 fully saturated rings. The van der Waals surface area contributed by atoms with Gasteiger partial charge in [0.05, 0.1) is 0 Å². The minimum absolute atomic E-state index is 0.0688. The summed E-state index contributed by atoms with van der Waals surface area (Å²) < 4.78 is 37.2. The van der Waals surface area contributed by atoms with E-state index in [0.29, 0.717) is 0 Å². The molecule has 1 unspecified atom stereocenters. The first kappa shape index (κ1) is 12.6. The van der Waals surface area contributed by atoms with Crippen LogP contribution in [0.4, 0.5) is 19.1 Å². The van der Waals surface area contributed by atoms with E-state index in [1.807, 2.05) is 0 Å². The third kappa shape index (κ3) is 2.88. The quantitative estimate of drug-likeness (QED) is 0.863. The minimum Gasteiger partial charge on any atom is -0.480 e. The van der Waals surface area contributed by atoms with Gasteiger partial charge in [-0.3, -0.25) is 0 Å². The number of carboxylic acids is 1. The van der Waals surface area contributed by atoms with E-state index in [4.69, 9.17) is 5.11 Å². The number of hydrogen-bond acceptors (Lipinski definition) is 4. The van der Waals surface area contributed by atoms with E-state index in [1.54, 1.807) is 0 Å². The largest absolute Gasteiger partial charge is 0.480 e. The van der Waals surface area contributed by atoms with Crippen LogP contribution in [0.2, 0.25) is 0 Å². The summed E-state index contributed by atoms with van der Waals surface area (Å²) in [4.78, 5) is 17.8. The van der Waals surface area contributed by atoms with Crippen LogP contribution in [0.3, 0.4) is 0 Å². The van der Waals surface area contributed by atoms with Crippen LogP contribution < -0.4 is 5.32 Å². The maximum absolute atomic E-state index is 12.4. The zero-order valence-electron chi connectivity index (χ0n) is 9.11. The predicted molar refractivity (Wildman–Crippen MR) is 54.8 cm³/mol. The Bertz CT molecular complexity index is 460. The van der Waals surface area contributed by atoms with Gasteiger partial charge in [-0.15, -0.1) is 0 Å². The molecule has 98 valence electrons. The molecule has 1 aromatic rings. The van der Waals surface area contributed by atoms with Gasteiger partial charge in [-0.25, -0.2) is 14.8 Å². The molecule has 1 aliphatic rings. The summed E-state index contributed by atoms with van der Waals surface area (Å²) in [7, 11) is 0. The smallest absolute Gasteiger partial charge is 0.433 e. The van der Waals surface area contributed by atoms with Gasteiger partial charge in [0.2, 0.25) is 5.95 Å². The molecule has 0 aliphatic heterocycles. The minimum atomic E-state index is -4.57. The first-order chi connectivity index (χ1) is 8.38. The van der Waals surface area contributed by atoms with Crippen LogP contribution in [-0.4, -0.2) is 27.1 Å². The number of nitrogens with one attached hydrogen (secondary N) is 1. The molecule has 2 N–H and O–H groups in total. The Hall–Kier alpha value is -1.86. The Kier molecular flexibility index (Phi) is 3.10. The fourth-order valence-corrected chi connectivity index (χ4v) is 1.54. The van der Waals surface area contributed by atoms with Crippen LogP contribution in [-0.2, 0) is 11.0 Å². The van der Waals surface area contributed by atoms with Crippen LogP contribution in [0, 0.1) is 5.92 Å². The number of aromatic nitrogens is 2. The summed E-state index contributed by atoms with van der Waals surface area (Å²) in [6.07, 6.45) is -2.15. The SMILES string of the molecule is O=C(O)C(Nc1nccc(C(F)(F)F)n1)C1CC1. The third-order valence-corrected chi connectivity index (χ3v) is 2.59. The number of nitrogens with zero attached hydrogens (tertiary/aromatic N) is 2. The highest BCUT2D eigenvalue weighted by Crippen LogP contribution is 2.34. The van der Waals surface area contributed by atoms with Crippen molar-refractivity contribution in [3.63, 3.8) is 0 Å². The molecule has 18 heavy (non-hydrogen) atoms. The number of aliphatic carboxylic acids is 1. The molecule has 2 rings (SSSR count). The van der Waals surface area contributed by atoms with Crippen molar-refractivity contribution in [1.82, 2.24) is 9.97 Å². The van der Waals surface area contributed by atoms with Crippen molar-refractivity contribution in [2.45, 2.75) is 25.1 Å². The highest BCUT2D eigenvalue weighted by Gasteiger charge is 2.37. The molecule has 0 saturated heterocycles. The average Bonchev–Trinajstić information content (AvgIpc) is 3.08. The Balaban J connectivity index is 2.15. The average molecular weight is 261 g/mol. The van der Waals surface area contributed by atoms with Gasteiger partial charge in [-0.1, -0.05) is 0 Å². The molecular weight excluding hydrogens is 251 g/mol. The summed E-state index contributed by atoms with van der Waals surface area (Å²) in [5, 5.41) is 11.4. The van der Waals surface area contributed by atoms with E-state index in [2.05, 4.69) is 15.3 Å². The number of carboxylic acid groups (broad SMARTS) is 1. The number of rotatable bonds is 4. The third-order valence-electron chi connectivity index (χ3n) is 2.59. The van der Waals surface area contributed by atoms with Gasteiger partial charge in [0.1, 0.15) is 11.7 Å². The van der Waals surface area contributed by atoms with E-state index >= 15 is 0 Å². The van der Waals surface area contributed by atoms with Crippen LogP contribution in [0.25, 0.3) is 0 Å². The second-order valence-corrected chi connectivity index (χ2v) is 4.06. The first-order valence-corrected chi connectivity index (χ1v) is 5.27. The Morgan fingerprint density at radius 1 is 1.50 bits per heavy atom. The van der Waals surface area contributed by atoms with Crippen molar-refractivity contribution in [3.8, 4) is 0 Å². The molecular formula is C10H10F3N3O2. The second kappa shape index (κ2) is 4.43. The molecule has 1 atom stereocenters. The standard InChI is InChI=1S/C10H10F3N3O2/c11-10(12,13)6-3-4-14-9(15-6)16-7(8(17)18)5-1-2-5/h3-5,7H,1-2H2,(H,17,18)(H,14,15,16). The number of anilines is 1. The maximum atomic E-state index is 12.4. The molecule has 5 nitrogen and oxygen atoms in total. The lowest BCUT2D eigenvalue weighted by atomic mass is 10.2. The van der Waals surface area contributed by atoms with Crippen molar-refractivity contribution >= 4 is 11.9 Å². The van der Waals surface area contributed by atoms with Gasteiger partial charge in [0, 0.05) is 6.20 Å². The molecule has 1 aliphatic carbocycles. The van der Waals surface area contributed by atoms with Crippen LogP contribution in [0.1, 0.15) is 18.5 Å². The normalized spacial score (nSPS) is 17.3. The van der Waals surface area contributed by atoms with Crippen LogP contribution in [0.5, 0.6) is 0 Å². The summed E-state index contributed by atoms with van der Waals surface area (Å²) >= 11 is 0. The Labute approximate surface area is 100 Å². The topological polar surface area (TPSA) is 75.1 Å².